The molecule has 5 nitrogen and oxygen atoms in total. The zero-order chi connectivity index (χ0) is 15.4. The predicted molar refractivity (Wildman–Crippen MR) is 82.1 cm³/mol. The van der Waals surface area contributed by atoms with Gasteiger partial charge in [0.05, 0.1) is 19.9 Å². The van der Waals surface area contributed by atoms with E-state index in [-0.39, 0.29) is 10.7 Å². The van der Waals surface area contributed by atoms with Crippen LogP contribution in [0.4, 0.5) is 0 Å². The zero-order valence-corrected chi connectivity index (χ0v) is 13.2. The summed E-state index contributed by atoms with van der Waals surface area (Å²) in [6.45, 7) is 0. The molecule has 0 fully saturated rings. The third-order valence-electron chi connectivity index (χ3n) is 2.80. The third-order valence-corrected chi connectivity index (χ3v) is 3.62. The number of hydrogen-bond donors (Lipinski definition) is 0. The molecule has 0 spiro atoms. The highest BCUT2D eigenvalue weighted by molar-refractivity contribution is 7.98. The Bertz CT molecular complexity index is 716. The number of benzene rings is 1. The van der Waals surface area contributed by atoms with Crippen LogP contribution in [-0.4, -0.2) is 30.4 Å². The molecule has 0 unspecified atom stereocenters. The molecule has 0 atom stereocenters. The molecule has 1 aromatic carbocycles. The summed E-state index contributed by atoms with van der Waals surface area (Å²) in [7, 11) is 3.08. The Labute approximate surface area is 131 Å². The highest BCUT2D eigenvalue weighted by Gasteiger charge is 2.19. The van der Waals surface area contributed by atoms with Crippen molar-refractivity contribution in [3.8, 4) is 28.8 Å². The minimum atomic E-state index is 0.122. The molecule has 2 rings (SSSR count). The van der Waals surface area contributed by atoms with Gasteiger partial charge in [0.2, 0.25) is 0 Å². The molecule has 0 radical (unpaired) electrons. The molecule has 0 saturated carbocycles. The maximum atomic E-state index is 9.32. The summed E-state index contributed by atoms with van der Waals surface area (Å²) in [5.41, 5.74) is 1.27. The van der Waals surface area contributed by atoms with Gasteiger partial charge in [0.25, 0.3) is 0 Å². The number of rotatable bonds is 4. The molecule has 7 heteroatoms. The van der Waals surface area contributed by atoms with Crippen molar-refractivity contribution < 1.29 is 9.47 Å². The standard InChI is InChI=1S/C14H12ClN3O2S/c1-19-10-6-4-5-8(12(10)20-2)11-9(7-16)13(15)18-14(17-11)21-3/h4-6H,1-3H3. The second-order valence-corrected chi connectivity index (χ2v) is 5.01. The fourth-order valence-electron chi connectivity index (χ4n) is 1.87. The van der Waals surface area contributed by atoms with Crippen LogP contribution in [0.25, 0.3) is 11.3 Å². The summed E-state index contributed by atoms with van der Waals surface area (Å²) in [5, 5.41) is 9.93. The van der Waals surface area contributed by atoms with Crippen LogP contribution in [0.2, 0.25) is 5.15 Å². The Morgan fingerprint density at radius 3 is 2.57 bits per heavy atom. The molecule has 0 aliphatic rings. The van der Waals surface area contributed by atoms with Gasteiger partial charge in [-0.1, -0.05) is 29.4 Å². The Morgan fingerprint density at radius 2 is 2.00 bits per heavy atom. The molecule has 1 aromatic heterocycles. The average molecular weight is 322 g/mol. The predicted octanol–water partition coefficient (Wildman–Crippen LogP) is 3.41. The average Bonchev–Trinajstić information content (AvgIpc) is 2.52. The van der Waals surface area contributed by atoms with Crippen molar-refractivity contribution in [3.05, 3.63) is 28.9 Å². The van der Waals surface area contributed by atoms with Crippen molar-refractivity contribution in [3.63, 3.8) is 0 Å². The van der Waals surface area contributed by atoms with Crippen LogP contribution in [0.5, 0.6) is 11.5 Å². The van der Waals surface area contributed by atoms with Crippen LogP contribution in [0, 0.1) is 11.3 Å². The number of aromatic nitrogens is 2. The second-order valence-electron chi connectivity index (χ2n) is 3.88. The van der Waals surface area contributed by atoms with Gasteiger partial charge < -0.3 is 9.47 Å². The van der Waals surface area contributed by atoms with E-state index in [9.17, 15) is 5.26 Å². The normalized spacial score (nSPS) is 10.0. The Morgan fingerprint density at radius 1 is 1.24 bits per heavy atom. The molecule has 0 aliphatic carbocycles. The van der Waals surface area contributed by atoms with E-state index in [1.54, 1.807) is 25.3 Å². The number of methoxy groups -OCH3 is 2. The first-order valence-electron chi connectivity index (χ1n) is 5.89. The maximum Gasteiger partial charge on any atom is 0.189 e. The van der Waals surface area contributed by atoms with Crippen molar-refractivity contribution in [2.75, 3.05) is 20.5 Å². The van der Waals surface area contributed by atoms with Crippen LogP contribution in [0.3, 0.4) is 0 Å². The van der Waals surface area contributed by atoms with Crippen LogP contribution >= 0.6 is 23.4 Å². The van der Waals surface area contributed by atoms with Crippen LogP contribution < -0.4 is 9.47 Å². The lowest BCUT2D eigenvalue weighted by Crippen LogP contribution is -1.99. The lowest BCUT2D eigenvalue weighted by atomic mass is 10.1. The van der Waals surface area contributed by atoms with E-state index >= 15 is 0 Å². The largest absolute Gasteiger partial charge is 0.493 e. The smallest absolute Gasteiger partial charge is 0.189 e. The van der Waals surface area contributed by atoms with E-state index in [2.05, 4.69) is 9.97 Å². The van der Waals surface area contributed by atoms with Gasteiger partial charge in [0.1, 0.15) is 11.6 Å². The summed E-state index contributed by atoms with van der Waals surface area (Å²) < 4.78 is 10.7. The van der Waals surface area contributed by atoms with Gasteiger partial charge >= 0.3 is 0 Å². The summed E-state index contributed by atoms with van der Waals surface area (Å²) >= 11 is 7.42. The van der Waals surface area contributed by atoms with E-state index in [4.69, 9.17) is 21.1 Å². The second kappa shape index (κ2) is 6.66. The van der Waals surface area contributed by atoms with Crippen molar-refractivity contribution in [1.82, 2.24) is 9.97 Å². The van der Waals surface area contributed by atoms with Crippen molar-refractivity contribution >= 4 is 23.4 Å². The van der Waals surface area contributed by atoms with Gasteiger partial charge in [-0.3, -0.25) is 0 Å². The first kappa shape index (κ1) is 15.4. The molecular formula is C14H12ClN3O2S. The fraction of sp³-hybridized carbons (Fsp3) is 0.214. The van der Waals surface area contributed by atoms with Crippen LogP contribution in [0.15, 0.2) is 23.4 Å². The van der Waals surface area contributed by atoms with Crippen molar-refractivity contribution in [2.24, 2.45) is 0 Å². The fourth-order valence-corrected chi connectivity index (χ4v) is 2.50. The molecule has 1 heterocycles. The molecule has 0 amide bonds. The van der Waals surface area contributed by atoms with E-state index in [0.29, 0.717) is 27.9 Å². The summed E-state index contributed by atoms with van der Waals surface area (Å²) in [5.74, 6) is 1.05. The topological polar surface area (TPSA) is 68.0 Å². The Hall–Kier alpha value is -1.97. The van der Waals surface area contributed by atoms with E-state index in [1.807, 2.05) is 12.3 Å². The number of thioether (sulfide) groups is 1. The van der Waals surface area contributed by atoms with Crippen LogP contribution in [0.1, 0.15) is 5.56 Å². The molecule has 0 N–H and O–H groups in total. The highest BCUT2D eigenvalue weighted by atomic mass is 35.5. The van der Waals surface area contributed by atoms with Gasteiger partial charge in [-0.15, -0.1) is 0 Å². The number of para-hydroxylation sites is 1. The lowest BCUT2D eigenvalue weighted by molar-refractivity contribution is 0.356. The first-order chi connectivity index (χ1) is 10.2. The number of nitriles is 1. The van der Waals surface area contributed by atoms with E-state index in [0.717, 1.165) is 0 Å². The molecule has 21 heavy (non-hydrogen) atoms. The van der Waals surface area contributed by atoms with E-state index in [1.165, 1.54) is 18.9 Å². The van der Waals surface area contributed by atoms with Gasteiger partial charge in [0.15, 0.2) is 21.8 Å². The summed E-state index contributed by atoms with van der Waals surface area (Å²) in [6.07, 6.45) is 1.84. The number of hydrogen-bond acceptors (Lipinski definition) is 6. The Balaban J connectivity index is 2.78. The molecule has 2 aromatic rings. The number of nitrogens with zero attached hydrogens (tertiary/aromatic N) is 3. The number of halogens is 1. The van der Waals surface area contributed by atoms with Gasteiger partial charge in [0, 0.05) is 5.56 Å². The minimum Gasteiger partial charge on any atom is -0.493 e. The quantitative estimate of drug-likeness (QED) is 0.488. The molecule has 0 saturated heterocycles. The molecule has 0 aliphatic heterocycles. The van der Waals surface area contributed by atoms with Crippen molar-refractivity contribution in [1.29, 1.82) is 5.26 Å². The highest BCUT2D eigenvalue weighted by Crippen LogP contribution is 2.39. The first-order valence-corrected chi connectivity index (χ1v) is 7.49. The molecule has 108 valence electrons. The lowest BCUT2D eigenvalue weighted by Gasteiger charge is -2.13. The monoisotopic (exact) mass is 321 g/mol. The summed E-state index contributed by atoms with van der Waals surface area (Å²) in [4.78, 5) is 8.46. The van der Waals surface area contributed by atoms with Crippen molar-refractivity contribution in [2.45, 2.75) is 5.16 Å². The molecular weight excluding hydrogens is 310 g/mol. The van der Waals surface area contributed by atoms with Gasteiger partial charge in [-0.2, -0.15) is 5.26 Å². The van der Waals surface area contributed by atoms with Crippen LogP contribution in [-0.2, 0) is 0 Å². The third kappa shape index (κ3) is 2.89. The maximum absolute atomic E-state index is 9.32. The zero-order valence-electron chi connectivity index (χ0n) is 11.7. The van der Waals surface area contributed by atoms with E-state index < -0.39 is 0 Å². The number of ether oxygens (including phenoxy) is 2. The summed E-state index contributed by atoms with van der Waals surface area (Å²) in [6, 6.07) is 7.41. The van der Waals surface area contributed by atoms with Gasteiger partial charge in [-0.05, 0) is 18.4 Å². The SMILES string of the molecule is COc1cccc(-c2nc(SC)nc(Cl)c2C#N)c1OC. The minimum absolute atomic E-state index is 0.122. The Kier molecular flexibility index (Phi) is 4.89. The van der Waals surface area contributed by atoms with Gasteiger partial charge in [-0.25, -0.2) is 9.97 Å². The molecule has 0 bridgehead atoms.